The molecule has 0 amide bonds. The van der Waals surface area contributed by atoms with Crippen molar-refractivity contribution in [1.29, 1.82) is 0 Å². The van der Waals surface area contributed by atoms with Gasteiger partial charge >= 0.3 is 0 Å². The molecule has 1 saturated heterocycles. The lowest BCUT2D eigenvalue weighted by atomic mass is 10.2. The average Bonchev–Trinajstić information content (AvgIpc) is 3.19. The van der Waals surface area contributed by atoms with Crippen LogP contribution in [0.3, 0.4) is 0 Å². The maximum atomic E-state index is 6.17. The summed E-state index contributed by atoms with van der Waals surface area (Å²) < 4.78 is 0. The van der Waals surface area contributed by atoms with Crippen molar-refractivity contribution >= 4 is 40.4 Å². The van der Waals surface area contributed by atoms with Crippen LogP contribution in [0.5, 0.6) is 0 Å². The Balaban J connectivity index is 1.46. The fraction of sp³-hybridized carbons (Fsp3) is 0.200. The minimum Gasteiger partial charge on any atom is -0.372 e. The molecule has 2 heterocycles. The van der Waals surface area contributed by atoms with E-state index in [-0.39, 0.29) is 0 Å². The second-order valence-electron chi connectivity index (χ2n) is 6.24. The summed E-state index contributed by atoms with van der Waals surface area (Å²) in [4.78, 5) is 11.2. The molecule has 4 rings (SSSR count). The Morgan fingerprint density at radius 2 is 1.65 bits per heavy atom. The summed E-state index contributed by atoms with van der Waals surface area (Å²) in [6, 6.07) is 17.8. The molecule has 1 aromatic heterocycles. The Kier molecular flexibility index (Phi) is 4.88. The quantitative estimate of drug-likeness (QED) is 0.649. The molecule has 0 unspecified atom stereocenters. The Labute approximate surface area is 158 Å². The van der Waals surface area contributed by atoms with E-state index in [1.165, 1.54) is 18.5 Å². The van der Waals surface area contributed by atoms with Crippen LogP contribution in [-0.4, -0.2) is 23.1 Å². The van der Waals surface area contributed by atoms with E-state index < -0.39 is 0 Å². The zero-order valence-corrected chi connectivity index (χ0v) is 15.1. The molecule has 0 radical (unpaired) electrons. The first-order valence-corrected chi connectivity index (χ1v) is 9.12. The van der Waals surface area contributed by atoms with Crippen molar-refractivity contribution in [3.05, 3.63) is 65.8 Å². The van der Waals surface area contributed by atoms with Crippen LogP contribution in [0.15, 0.2) is 60.8 Å². The summed E-state index contributed by atoms with van der Waals surface area (Å²) in [6.07, 6.45) is 4.28. The van der Waals surface area contributed by atoms with Gasteiger partial charge in [-0.25, -0.2) is 4.98 Å². The van der Waals surface area contributed by atoms with Crippen molar-refractivity contribution < 1.29 is 0 Å². The van der Waals surface area contributed by atoms with Crippen LogP contribution in [0.25, 0.3) is 0 Å². The molecule has 5 nitrogen and oxygen atoms in total. The lowest BCUT2D eigenvalue weighted by Crippen LogP contribution is -2.17. The molecule has 0 saturated carbocycles. The van der Waals surface area contributed by atoms with Crippen molar-refractivity contribution in [2.24, 2.45) is 0 Å². The zero-order valence-electron chi connectivity index (χ0n) is 14.3. The minimum absolute atomic E-state index is 0.497. The van der Waals surface area contributed by atoms with Crippen LogP contribution >= 0.6 is 11.6 Å². The van der Waals surface area contributed by atoms with Gasteiger partial charge in [-0.15, -0.1) is 0 Å². The van der Waals surface area contributed by atoms with Gasteiger partial charge in [-0.3, -0.25) is 0 Å². The van der Waals surface area contributed by atoms with Gasteiger partial charge in [0, 0.05) is 30.7 Å². The third kappa shape index (κ3) is 3.89. The first kappa shape index (κ1) is 16.7. The van der Waals surface area contributed by atoms with E-state index >= 15 is 0 Å². The van der Waals surface area contributed by atoms with E-state index in [1.54, 1.807) is 6.20 Å². The highest BCUT2D eigenvalue weighted by Crippen LogP contribution is 2.25. The number of rotatable bonds is 5. The first-order chi connectivity index (χ1) is 12.8. The summed E-state index contributed by atoms with van der Waals surface area (Å²) >= 11 is 6.17. The maximum absolute atomic E-state index is 6.17. The molecule has 2 N–H and O–H groups in total. The molecule has 2 aromatic carbocycles. The highest BCUT2D eigenvalue weighted by Gasteiger charge is 2.11. The van der Waals surface area contributed by atoms with Crippen molar-refractivity contribution in [3.63, 3.8) is 0 Å². The Morgan fingerprint density at radius 3 is 2.42 bits per heavy atom. The fourth-order valence-electron chi connectivity index (χ4n) is 3.05. The summed E-state index contributed by atoms with van der Waals surface area (Å²) in [5, 5.41) is 7.10. The van der Waals surface area contributed by atoms with E-state index in [0.717, 1.165) is 30.3 Å². The molecule has 0 atom stereocenters. The van der Waals surface area contributed by atoms with E-state index in [9.17, 15) is 0 Å². The van der Waals surface area contributed by atoms with Gasteiger partial charge in [0.25, 0.3) is 0 Å². The van der Waals surface area contributed by atoms with Crippen molar-refractivity contribution in [3.8, 4) is 0 Å². The SMILES string of the molecule is Clc1ccccc1Nc1nccc(Nc2ccc(N3CCCC3)cc2)n1. The zero-order chi connectivity index (χ0) is 17.8. The van der Waals surface area contributed by atoms with Crippen molar-refractivity contribution in [2.45, 2.75) is 12.8 Å². The number of halogens is 1. The standard InChI is InChI=1S/C20H20ClN5/c21-17-5-1-2-6-18(17)24-20-22-12-11-19(25-20)23-15-7-9-16(10-8-15)26-13-3-4-14-26/h1-2,5-12H,3-4,13-14H2,(H2,22,23,24,25). The van der Waals surface area contributed by atoms with Crippen molar-refractivity contribution in [1.82, 2.24) is 9.97 Å². The maximum Gasteiger partial charge on any atom is 0.229 e. The molecule has 26 heavy (non-hydrogen) atoms. The topological polar surface area (TPSA) is 53.1 Å². The van der Waals surface area contributed by atoms with Gasteiger partial charge in [-0.2, -0.15) is 4.98 Å². The van der Waals surface area contributed by atoms with Gasteiger partial charge in [0.1, 0.15) is 5.82 Å². The van der Waals surface area contributed by atoms with Gasteiger partial charge in [-0.1, -0.05) is 23.7 Å². The molecular formula is C20H20ClN5. The third-order valence-electron chi connectivity index (χ3n) is 4.39. The van der Waals surface area contributed by atoms with E-state index in [1.807, 2.05) is 30.3 Å². The average molecular weight is 366 g/mol. The number of benzene rings is 2. The van der Waals surface area contributed by atoms with Crippen LogP contribution in [-0.2, 0) is 0 Å². The smallest absolute Gasteiger partial charge is 0.229 e. The number of para-hydroxylation sites is 1. The molecular weight excluding hydrogens is 346 g/mol. The molecule has 6 heteroatoms. The van der Waals surface area contributed by atoms with Crippen LogP contribution < -0.4 is 15.5 Å². The summed E-state index contributed by atoms with van der Waals surface area (Å²) in [5.74, 6) is 1.22. The fourth-order valence-corrected chi connectivity index (χ4v) is 3.23. The minimum atomic E-state index is 0.497. The highest BCUT2D eigenvalue weighted by molar-refractivity contribution is 6.33. The Hall–Kier alpha value is -2.79. The number of hydrogen-bond donors (Lipinski definition) is 2. The number of nitrogens with zero attached hydrogens (tertiary/aromatic N) is 3. The van der Waals surface area contributed by atoms with Crippen molar-refractivity contribution in [2.75, 3.05) is 28.6 Å². The second-order valence-corrected chi connectivity index (χ2v) is 6.64. The first-order valence-electron chi connectivity index (χ1n) is 8.74. The molecule has 0 bridgehead atoms. The molecule has 1 fully saturated rings. The Morgan fingerprint density at radius 1 is 0.885 bits per heavy atom. The predicted molar refractivity (Wildman–Crippen MR) is 108 cm³/mol. The van der Waals surface area contributed by atoms with E-state index in [0.29, 0.717) is 11.0 Å². The molecule has 1 aliphatic heterocycles. The molecule has 1 aliphatic rings. The second kappa shape index (κ2) is 7.62. The summed E-state index contributed by atoms with van der Waals surface area (Å²) in [5.41, 5.74) is 3.05. The normalized spacial score (nSPS) is 13.7. The predicted octanol–water partition coefficient (Wildman–Crippen LogP) is 5.22. The van der Waals surface area contributed by atoms with Crippen LogP contribution in [0.2, 0.25) is 5.02 Å². The van der Waals surface area contributed by atoms with Crippen LogP contribution in [0.4, 0.5) is 28.8 Å². The van der Waals surface area contributed by atoms with Crippen LogP contribution in [0, 0.1) is 0 Å². The van der Waals surface area contributed by atoms with E-state index in [4.69, 9.17) is 11.6 Å². The lowest BCUT2D eigenvalue weighted by Gasteiger charge is -2.18. The molecule has 3 aromatic rings. The summed E-state index contributed by atoms with van der Waals surface area (Å²) in [6.45, 7) is 2.30. The number of anilines is 5. The van der Waals surface area contributed by atoms with E-state index in [2.05, 4.69) is 49.8 Å². The number of hydrogen-bond acceptors (Lipinski definition) is 5. The van der Waals surface area contributed by atoms with Gasteiger partial charge in [0.05, 0.1) is 10.7 Å². The monoisotopic (exact) mass is 365 g/mol. The molecule has 132 valence electrons. The third-order valence-corrected chi connectivity index (χ3v) is 4.72. The number of nitrogens with one attached hydrogen (secondary N) is 2. The van der Waals surface area contributed by atoms with Gasteiger partial charge in [-0.05, 0) is 55.3 Å². The molecule has 0 spiro atoms. The lowest BCUT2D eigenvalue weighted by molar-refractivity contribution is 0.949. The number of aromatic nitrogens is 2. The highest BCUT2D eigenvalue weighted by atomic mass is 35.5. The summed E-state index contributed by atoms with van der Waals surface area (Å²) in [7, 11) is 0. The van der Waals surface area contributed by atoms with Crippen LogP contribution in [0.1, 0.15) is 12.8 Å². The van der Waals surface area contributed by atoms with Gasteiger partial charge in [0.15, 0.2) is 0 Å². The Bertz CT molecular complexity index is 875. The van der Waals surface area contributed by atoms with Gasteiger partial charge in [0.2, 0.25) is 5.95 Å². The molecule has 0 aliphatic carbocycles. The largest absolute Gasteiger partial charge is 0.372 e. The van der Waals surface area contributed by atoms with Gasteiger partial charge < -0.3 is 15.5 Å².